The Bertz CT molecular complexity index is 3130. The molecule has 0 unspecified atom stereocenters. The number of rotatable bonds is 5. The summed E-state index contributed by atoms with van der Waals surface area (Å²) >= 11 is 1.86. The van der Waals surface area contributed by atoms with E-state index in [1.54, 1.807) is 0 Å². The molecule has 0 bridgehead atoms. The molecule has 3 aromatic heterocycles. The molecule has 0 aliphatic carbocycles. The molecule has 0 amide bonds. The number of thiophene rings is 1. The van der Waals surface area contributed by atoms with Crippen LogP contribution in [0, 0.1) is 0 Å². The number of benzene rings is 8. The van der Waals surface area contributed by atoms with Crippen molar-refractivity contribution in [3.05, 3.63) is 182 Å². The monoisotopic (exact) mass is 682 g/mol. The predicted molar refractivity (Wildman–Crippen MR) is 221 cm³/mol. The van der Waals surface area contributed by atoms with Crippen molar-refractivity contribution in [2.24, 2.45) is 0 Å². The zero-order valence-corrected chi connectivity index (χ0v) is 28.8. The molecule has 11 rings (SSSR count). The van der Waals surface area contributed by atoms with Crippen molar-refractivity contribution in [1.29, 1.82) is 0 Å². The van der Waals surface area contributed by atoms with Crippen LogP contribution in [0.3, 0.4) is 0 Å². The fourth-order valence-electron chi connectivity index (χ4n) is 7.96. The molecule has 8 aromatic carbocycles. The highest BCUT2D eigenvalue weighted by Gasteiger charge is 2.19. The first-order valence-corrected chi connectivity index (χ1v) is 18.4. The van der Waals surface area contributed by atoms with Gasteiger partial charge in [-0.3, -0.25) is 0 Å². The quantitative estimate of drug-likeness (QED) is 0.180. The number of para-hydroxylation sites is 3. The van der Waals surface area contributed by atoms with Gasteiger partial charge < -0.3 is 13.9 Å². The van der Waals surface area contributed by atoms with Gasteiger partial charge in [0.25, 0.3) is 0 Å². The van der Waals surface area contributed by atoms with Crippen molar-refractivity contribution in [1.82, 2.24) is 4.57 Å². The topological polar surface area (TPSA) is 21.3 Å². The third-order valence-electron chi connectivity index (χ3n) is 10.4. The zero-order chi connectivity index (χ0) is 34.2. The van der Waals surface area contributed by atoms with Gasteiger partial charge in [-0.2, -0.15) is 0 Å². The summed E-state index contributed by atoms with van der Waals surface area (Å²) in [5, 5.41) is 7.33. The lowest BCUT2D eigenvalue weighted by Crippen LogP contribution is -2.10. The molecule has 244 valence electrons. The first kappa shape index (κ1) is 29.1. The molecule has 3 nitrogen and oxygen atoms in total. The Morgan fingerprint density at radius 1 is 0.385 bits per heavy atom. The van der Waals surface area contributed by atoms with Crippen LogP contribution in [0.2, 0.25) is 0 Å². The molecule has 0 aliphatic rings. The van der Waals surface area contributed by atoms with Crippen LogP contribution < -0.4 is 4.90 Å². The lowest BCUT2D eigenvalue weighted by atomic mass is 10.0. The molecule has 11 aromatic rings. The van der Waals surface area contributed by atoms with Gasteiger partial charge in [-0.1, -0.05) is 103 Å². The van der Waals surface area contributed by atoms with Gasteiger partial charge in [0.05, 0.1) is 11.0 Å². The normalized spacial score (nSPS) is 11.8. The van der Waals surface area contributed by atoms with E-state index in [9.17, 15) is 0 Å². The second-order valence-corrected chi connectivity index (χ2v) is 14.4. The van der Waals surface area contributed by atoms with Crippen LogP contribution in [-0.4, -0.2) is 4.57 Å². The Labute approximate surface area is 303 Å². The highest BCUT2D eigenvalue weighted by Crippen LogP contribution is 2.43. The van der Waals surface area contributed by atoms with Crippen molar-refractivity contribution >= 4 is 92.3 Å². The van der Waals surface area contributed by atoms with Crippen molar-refractivity contribution in [3.8, 4) is 16.8 Å². The zero-order valence-electron chi connectivity index (χ0n) is 28.0. The van der Waals surface area contributed by atoms with Gasteiger partial charge >= 0.3 is 0 Å². The molecule has 0 spiro atoms. The molecular weight excluding hydrogens is 653 g/mol. The van der Waals surface area contributed by atoms with Gasteiger partial charge in [0.1, 0.15) is 11.2 Å². The summed E-state index contributed by atoms with van der Waals surface area (Å²) in [4.78, 5) is 2.37. The standard InChI is InChI=1S/C48H30N2OS/c1-2-10-33(11-3-1)50-43-15-7-4-12-37(43)38-26-23-36(30-44(38)50)49(35-24-27-46-42(29-35)39-13-5-8-16-45(39)51-46)34-21-18-31(19-22-34)32-20-25-41-40-14-6-9-17-47(40)52-48(41)28-32/h1-30H. The lowest BCUT2D eigenvalue weighted by Gasteiger charge is -2.26. The molecule has 52 heavy (non-hydrogen) atoms. The maximum Gasteiger partial charge on any atom is 0.135 e. The first-order chi connectivity index (χ1) is 25.8. The summed E-state index contributed by atoms with van der Waals surface area (Å²) in [6, 6.07) is 65.6. The minimum absolute atomic E-state index is 0.886. The fourth-order valence-corrected chi connectivity index (χ4v) is 9.11. The van der Waals surface area contributed by atoms with Crippen molar-refractivity contribution in [2.45, 2.75) is 0 Å². The summed E-state index contributed by atoms with van der Waals surface area (Å²) in [5.74, 6) is 0. The first-order valence-electron chi connectivity index (χ1n) is 17.6. The van der Waals surface area contributed by atoms with Gasteiger partial charge in [-0.05, 0) is 90.0 Å². The summed E-state index contributed by atoms with van der Waals surface area (Å²) in [5.41, 5.74) is 10.9. The van der Waals surface area contributed by atoms with Crippen LogP contribution in [0.15, 0.2) is 186 Å². The van der Waals surface area contributed by atoms with Gasteiger partial charge in [-0.15, -0.1) is 11.3 Å². The maximum absolute atomic E-state index is 6.25. The van der Waals surface area contributed by atoms with E-state index in [0.717, 1.165) is 50.2 Å². The number of anilines is 3. The Morgan fingerprint density at radius 3 is 1.88 bits per heavy atom. The van der Waals surface area contributed by atoms with Gasteiger partial charge in [0, 0.05) is 64.5 Å². The fraction of sp³-hybridized carbons (Fsp3) is 0. The van der Waals surface area contributed by atoms with E-state index in [2.05, 4.69) is 179 Å². The highest BCUT2D eigenvalue weighted by atomic mass is 32.1. The SMILES string of the molecule is c1ccc(-n2c3ccccc3c3ccc(N(c4ccc(-c5ccc6c(c5)sc5ccccc56)cc4)c4ccc5oc6ccccc6c5c4)cc32)cc1. The van der Waals surface area contributed by atoms with E-state index in [1.807, 2.05) is 23.5 Å². The molecule has 0 saturated carbocycles. The van der Waals surface area contributed by atoms with Crippen LogP contribution >= 0.6 is 11.3 Å². The number of hydrogen-bond acceptors (Lipinski definition) is 3. The summed E-state index contributed by atoms with van der Waals surface area (Å²) in [6.07, 6.45) is 0. The summed E-state index contributed by atoms with van der Waals surface area (Å²) < 4.78 is 11.3. The van der Waals surface area contributed by atoms with Crippen LogP contribution in [0.5, 0.6) is 0 Å². The second kappa shape index (κ2) is 11.5. The molecular formula is C48H30N2OS. The number of fused-ring (bicyclic) bond motifs is 9. The largest absolute Gasteiger partial charge is 0.456 e. The Kier molecular flexibility index (Phi) is 6.42. The smallest absolute Gasteiger partial charge is 0.135 e. The maximum atomic E-state index is 6.25. The van der Waals surface area contributed by atoms with E-state index >= 15 is 0 Å². The molecule has 0 radical (unpaired) electrons. The van der Waals surface area contributed by atoms with E-state index < -0.39 is 0 Å². The number of aromatic nitrogens is 1. The van der Waals surface area contributed by atoms with E-state index in [0.29, 0.717) is 0 Å². The Hall–Kier alpha value is -6.62. The van der Waals surface area contributed by atoms with Gasteiger partial charge in [0.2, 0.25) is 0 Å². The van der Waals surface area contributed by atoms with Crippen molar-refractivity contribution in [2.75, 3.05) is 4.90 Å². The molecule has 4 heteroatoms. The highest BCUT2D eigenvalue weighted by molar-refractivity contribution is 7.25. The third-order valence-corrected chi connectivity index (χ3v) is 11.5. The third kappa shape index (κ3) is 4.51. The van der Waals surface area contributed by atoms with Gasteiger partial charge in [-0.25, -0.2) is 0 Å². The van der Waals surface area contributed by atoms with Crippen LogP contribution in [0.4, 0.5) is 17.1 Å². The van der Waals surface area contributed by atoms with E-state index in [4.69, 9.17) is 4.42 Å². The summed E-state index contributed by atoms with van der Waals surface area (Å²) in [6.45, 7) is 0. The average Bonchev–Trinajstić information content (AvgIpc) is 3.87. The average molecular weight is 683 g/mol. The molecule has 0 atom stereocenters. The second-order valence-electron chi connectivity index (χ2n) is 13.4. The molecule has 0 aliphatic heterocycles. The minimum Gasteiger partial charge on any atom is -0.456 e. The Morgan fingerprint density at radius 2 is 1.00 bits per heavy atom. The van der Waals surface area contributed by atoms with Crippen LogP contribution in [0.25, 0.3) is 80.7 Å². The predicted octanol–water partition coefficient (Wildman–Crippen LogP) is 14.2. The van der Waals surface area contributed by atoms with Gasteiger partial charge in [0.15, 0.2) is 0 Å². The summed E-state index contributed by atoms with van der Waals surface area (Å²) in [7, 11) is 0. The van der Waals surface area contributed by atoms with Crippen LogP contribution in [-0.2, 0) is 0 Å². The van der Waals surface area contributed by atoms with Crippen LogP contribution in [0.1, 0.15) is 0 Å². The number of hydrogen-bond donors (Lipinski definition) is 0. The number of furan rings is 1. The minimum atomic E-state index is 0.886. The number of nitrogens with zero attached hydrogens (tertiary/aromatic N) is 2. The van der Waals surface area contributed by atoms with Crippen molar-refractivity contribution < 1.29 is 4.42 Å². The molecule has 3 heterocycles. The van der Waals surface area contributed by atoms with Crippen molar-refractivity contribution in [3.63, 3.8) is 0 Å². The lowest BCUT2D eigenvalue weighted by molar-refractivity contribution is 0.669. The van der Waals surface area contributed by atoms with E-state index in [-0.39, 0.29) is 0 Å². The van der Waals surface area contributed by atoms with E-state index in [1.165, 1.54) is 47.6 Å². The Balaban J connectivity index is 1.09. The molecule has 0 N–H and O–H groups in total. The molecule has 0 saturated heterocycles. The molecule has 0 fully saturated rings.